The van der Waals surface area contributed by atoms with Crippen LogP contribution in [0.4, 0.5) is 0 Å². The fraction of sp³-hybridized carbons (Fsp3) is 0.733. The van der Waals surface area contributed by atoms with Crippen LogP contribution >= 0.6 is 27.3 Å². The first-order chi connectivity index (χ1) is 8.57. The van der Waals surface area contributed by atoms with E-state index in [2.05, 4.69) is 79.3 Å². The van der Waals surface area contributed by atoms with Gasteiger partial charge in [-0.05, 0) is 66.2 Å². The zero-order valence-corrected chi connectivity index (χ0v) is 15.4. The Bertz CT molecular complexity index is 393. The predicted octanol–water partition coefficient (Wildman–Crippen LogP) is 4.36. The highest BCUT2D eigenvalue weighted by atomic mass is 79.9. The molecule has 4 heteroatoms. The van der Waals surface area contributed by atoms with Gasteiger partial charge < -0.3 is 10.2 Å². The maximum absolute atomic E-state index is 3.60. The Hall–Kier alpha value is 0.1000. The first kappa shape index (κ1) is 17.2. The van der Waals surface area contributed by atoms with Gasteiger partial charge in [0.05, 0.1) is 3.79 Å². The lowest BCUT2D eigenvalue weighted by atomic mass is 9.91. The van der Waals surface area contributed by atoms with Crippen molar-refractivity contribution in [3.63, 3.8) is 0 Å². The summed E-state index contributed by atoms with van der Waals surface area (Å²) in [5, 5.41) is 5.83. The minimum absolute atomic E-state index is 0.189. The lowest BCUT2D eigenvalue weighted by molar-refractivity contribution is 0.186. The fourth-order valence-electron chi connectivity index (χ4n) is 2.09. The summed E-state index contributed by atoms with van der Waals surface area (Å²) in [5.41, 5.74) is 1.85. The molecule has 1 heterocycles. The third kappa shape index (κ3) is 7.45. The topological polar surface area (TPSA) is 15.3 Å². The van der Waals surface area contributed by atoms with E-state index in [1.165, 1.54) is 9.35 Å². The van der Waals surface area contributed by atoms with Gasteiger partial charge in [-0.3, -0.25) is 0 Å². The van der Waals surface area contributed by atoms with Crippen molar-refractivity contribution >= 4 is 27.3 Å². The molecule has 0 amide bonds. The Morgan fingerprint density at radius 2 is 1.89 bits per heavy atom. The molecule has 0 spiro atoms. The number of hydrogen-bond donors (Lipinski definition) is 1. The maximum Gasteiger partial charge on any atom is 0.0701 e. The molecule has 0 aliphatic heterocycles. The van der Waals surface area contributed by atoms with E-state index in [4.69, 9.17) is 0 Å². The predicted molar refractivity (Wildman–Crippen MR) is 89.9 cm³/mol. The molecular formula is C15H27BrN2S. The Kier molecular flexibility index (Phi) is 6.05. The van der Waals surface area contributed by atoms with Crippen LogP contribution in [0.5, 0.6) is 0 Å². The van der Waals surface area contributed by atoms with Crippen LogP contribution in [0.1, 0.15) is 40.2 Å². The second kappa shape index (κ2) is 6.70. The standard InChI is InChI=1S/C15H27BrN2S/c1-14(2,3)17-10-15(4,5)11-18(6)8-12-7-13(16)19-9-12/h7,9,17H,8,10-11H2,1-6H3. The summed E-state index contributed by atoms with van der Waals surface area (Å²) >= 11 is 5.28. The summed E-state index contributed by atoms with van der Waals surface area (Å²) in [4.78, 5) is 2.40. The van der Waals surface area contributed by atoms with E-state index in [9.17, 15) is 0 Å². The lowest BCUT2D eigenvalue weighted by Gasteiger charge is -2.33. The summed E-state index contributed by atoms with van der Waals surface area (Å²) in [6.45, 7) is 14.4. The lowest BCUT2D eigenvalue weighted by Crippen LogP contribution is -2.45. The number of nitrogens with zero attached hydrogens (tertiary/aromatic N) is 1. The van der Waals surface area contributed by atoms with Gasteiger partial charge in [0.25, 0.3) is 0 Å². The van der Waals surface area contributed by atoms with Crippen LogP contribution < -0.4 is 5.32 Å². The van der Waals surface area contributed by atoms with E-state index in [0.29, 0.717) is 0 Å². The van der Waals surface area contributed by atoms with Crippen molar-refractivity contribution in [1.82, 2.24) is 10.2 Å². The monoisotopic (exact) mass is 346 g/mol. The van der Waals surface area contributed by atoms with Crippen molar-refractivity contribution in [3.05, 3.63) is 20.8 Å². The van der Waals surface area contributed by atoms with Gasteiger partial charge >= 0.3 is 0 Å². The molecule has 0 bridgehead atoms. The van der Waals surface area contributed by atoms with Gasteiger partial charge in [0.15, 0.2) is 0 Å². The van der Waals surface area contributed by atoms with E-state index in [-0.39, 0.29) is 11.0 Å². The van der Waals surface area contributed by atoms with Gasteiger partial charge in [0.2, 0.25) is 0 Å². The van der Waals surface area contributed by atoms with E-state index in [1.54, 1.807) is 11.3 Å². The molecule has 19 heavy (non-hydrogen) atoms. The van der Waals surface area contributed by atoms with Crippen molar-refractivity contribution in [2.24, 2.45) is 5.41 Å². The summed E-state index contributed by atoms with van der Waals surface area (Å²) in [7, 11) is 2.20. The van der Waals surface area contributed by atoms with Crippen molar-refractivity contribution in [3.8, 4) is 0 Å². The Morgan fingerprint density at radius 3 is 2.37 bits per heavy atom. The summed E-state index contributed by atoms with van der Waals surface area (Å²) in [6, 6.07) is 2.21. The van der Waals surface area contributed by atoms with Crippen LogP contribution in [0.25, 0.3) is 0 Å². The molecular weight excluding hydrogens is 320 g/mol. The van der Waals surface area contributed by atoms with E-state index in [0.717, 1.165) is 19.6 Å². The minimum atomic E-state index is 0.189. The van der Waals surface area contributed by atoms with Gasteiger partial charge in [-0.15, -0.1) is 11.3 Å². The van der Waals surface area contributed by atoms with Crippen LogP contribution in [0.15, 0.2) is 15.2 Å². The van der Waals surface area contributed by atoms with Crippen LogP contribution in [0.2, 0.25) is 0 Å². The number of nitrogens with one attached hydrogen (secondary N) is 1. The smallest absolute Gasteiger partial charge is 0.0701 e. The average Bonchev–Trinajstić information content (AvgIpc) is 2.59. The Labute approximate surface area is 130 Å². The molecule has 1 N–H and O–H groups in total. The number of thiophene rings is 1. The first-order valence-electron chi connectivity index (χ1n) is 6.74. The third-order valence-electron chi connectivity index (χ3n) is 2.87. The first-order valence-corrected chi connectivity index (χ1v) is 8.41. The van der Waals surface area contributed by atoms with Crippen molar-refractivity contribution in [2.75, 3.05) is 20.1 Å². The van der Waals surface area contributed by atoms with Gasteiger partial charge in [-0.2, -0.15) is 0 Å². The second-order valence-electron chi connectivity index (χ2n) is 7.20. The summed E-state index contributed by atoms with van der Waals surface area (Å²) < 4.78 is 1.21. The number of halogens is 1. The van der Waals surface area contributed by atoms with Gasteiger partial charge in [-0.25, -0.2) is 0 Å². The van der Waals surface area contributed by atoms with E-state index in [1.807, 2.05) is 0 Å². The molecule has 110 valence electrons. The van der Waals surface area contributed by atoms with Gasteiger partial charge in [0, 0.05) is 25.2 Å². The Morgan fingerprint density at radius 1 is 1.26 bits per heavy atom. The van der Waals surface area contributed by atoms with Crippen molar-refractivity contribution in [1.29, 1.82) is 0 Å². The summed E-state index contributed by atoms with van der Waals surface area (Å²) in [6.07, 6.45) is 0. The second-order valence-corrected chi connectivity index (χ2v) is 9.49. The average molecular weight is 347 g/mol. The van der Waals surface area contributed by atoms with Crippen LogP contribution in [-0.2, 0) is 6.54 Å². The highest BCUT2D eigenvalue weighted by molar-refractivity contribution is 9.11. The van der Waals surface area contributed by atoms with Crippen molar-refractivity contribution in [2.45, 2.75) is 46.7 Å². The fourth-order valence-corrected chi connectivity index (χ4v) is 3.29. The molecule has 0 aromatic carbocycles. The highest BCUT2D eigenvalue weighted by Crippen LogP contribution is 2.23. The molecule has 1 aromatic heterocycles. The van der Waals surface area contributed by atoms with Crippen LogP contribution in [-0.4, -0.2) is 30.6 Å². The molecule has 0 saturated heterocycles. The van der Waals surface area contributed by atoms with Gasteiger partial charge in [0.1, 0.15) is 0 Å². The van der Waals surface area contributed by atoms with E-state index >= 15 is 0 Å². The zero-order valence-electron chi connectivity index (χ0n) is 13.0. The molecule has 0 aliphatic rings. The SMILES string of the molecule is CN(Cc1csc(Br)c1)CC(C)(C)CNC(C)(C)C. The van der Waals surface area contributed by atoms with Gasteiger partial charge in [-0.1, -0.05) is 13.8 Å². The normalized spacial score (nSPS) is 13.3. The molecule has 0 aliphatic carbocycles. The maximum atomic E-state index is 3.60. The quantitative estimate of drug-likeness (QED) is 0.823. The molecule has 0 unspecified atom stereocenters. The summed E-state index contributed by atoms with van der Waals surface area (Å²) in [5.74, 6) is 0. The molecule has 0 radical (unpaired) electrons. The molecule has 0 fully saturated rings. The number of rotatable bonds is 6. The van der Waals surface area contributed by atoms with Crippen LogP contribution in [0, 0.1) is 5.41 Å². The van der Waals surface area contributed by atoms with Crippen molar-refractivity contribution < 1.29 is 0 Å². The zero-order chi connectivity index (χ0) is 14.7. The molecule has 1 aromatic rings. The molecule has 2 nitrogen and oxygen atoms in total. The minimum Gasteiger partial charge on any atom is -0.311 e. The molecule has 0 saturated carbocycles. The largest absolute Gasteiger partial charge is 0.311 e. The number of hydrogen-bond acceptors (Lipinski definition) is 3. The molecule has 0 atom stereocenters. The third-order valence-corrected chi connectivity index (χ3v) is 4.42. The molecule has 1 rings (SSSR count). The highest BCUT2D eigenvalue weighted by Gasteiger charge is 2.22. The Balaban J connectivity index is 2.43. The van der Waals surface area contributed by atoms with E-state index < -0.39 is 0 Å². The van der Waals surface area contributed by atoms with Crippen LogP contribution in [0.3, 0.4) is 0 Å².